The van der Waals surface area contributed by atoms with Crippen LogP contribution in [0.4, 0.5) is 0 Å². The van der Waals surface area contributed by atoms with Crippen molar-refractivity contribution < 1.29 is 14.6 Å². The molecule has 0 bridgehead atoms. The number of benzene rings is 1. The van der Waals surface area contributed by atoms with Crippen molar-refractivity contribution in [3.8, 4) is 5.75 Å². The first-order valence-corrected chi connectivity index (χ1v) is 7.69. The zero-order valence-electron chi connectivity index (χ0n) is 13.1. The molecule has 0 aliphatic heterocycles. The predicted octanol–water partition coefficient (Wildman–Crippen LogP) is 3.09. The molecular weight excluding hydrogens is 266 g/mol. The molecule has 1 aliphatic carbocycles. The number of aliphatic carboxylic acids is 1. The Morgan fingerprint density at radius 3 is 2.67 bits per heavy atom. The van der Waals surface area contributed by atoms with Crippen molar-refractivity contribution in [2.75, 3.05) is 6.61 Å². The van der Waals surface area contributed by atoms with Gasteiger partial charge in [0, 0.05) is 12.5 Å². The average Bonchev–Trinajstić information content (AvgIpc) is 3.21. The Morgan fingerprint density at radius 2 is 2.14 bits per heavy atom. The Kier molecular flexibility index (Phi) is 5.23. The van der Waals surface area contributed by atoms with Gasteiger partial charge in [0.05, 0.1) is 6.61 Å². The van der Waals surface area contributed by atoms with E-state index in [1.807, 2.05) is 12.1 Å². The van der Waals surface area contributed by atoms with Gasteiger partial charge in [-0.15, -0.1) is 0 Å². The molecule has 1 saturated carbocycles. The molecule has 0 spiro atoms. The summed E-state index contributed by atoms with van der Waals surface area (Å²) >= 11 is 0. The molecule has 116 valence electrons. The van der Waals surface area contributed by atoms with Crippen molar-refractivity contribution in [1.82, 2.24) is 5.32 Å². The van der Waals surface area contributed by atoms with Gasteiger partial charge in [-0.25, -0.2) is 0 Å². The van der Waals surface area contributed by atoms with Crippen molar-refractivity contribution in [1.29, 1.82) is 0 Å². The molecule has 1 unspecified atom stereocenters. The van der Waals surface area contributed by atoms with E-state index in [0.29, 0.717) is 25.0 Å². The Bertz CT molecular complexity index is 495. The lowest BCUT2D eigenvalue weighted by atomic mass is 9.98. The fourth-order valence-electron chi connectivity index (χ4n) is 2.49. The third-order valence-corrected chi connectivity index (χ3v) is 3.85. The van der Waals surface area contributed by atoms with Crippen molar-refractivity contribution in [3.05, 3.63) is 29.3 Å². The van der Waals surface area contributed by atoms with Crippen molar-refractivity contribution in [2.45, 2.75) is 58.0 Å². The molecule has 0 saturated heterocycles. The van der Waals surface area contributed by atoms with Crippen LogP contribution in [0.1, 0.15) is 50.2 Å². The van der Waals surface area contributed by atoms with E-state index in [1.54, 1.807) is 0 Å². The standard InChI is InChI=1S/C17H25NO3/c1-11(2)15-7-6-14(10-12(15)3)21-9-8-16(17(19)20)18-13-4-5-13/h6-7,10-11,13,16,18H,4-5,8-9H2,1-3H3,(H,19,20). The third kappa shape index (κ3) is 4.74. The second-order valence-corrected chi connectivity index (χ2v) is 6.14. The summed E-state index contributed by atoms with van der Waals surface area (Å²) < 4.78 is 5.70. The van der Waals surface area contributed by atoms with Crippen LogP contribution in [0.2, 0.25) is 0 Å². The molecule has 0 heterocycles. The number of carboxylic acids is 1. The number of aryl methyl sites for hydroxylation is 1. The van der Waals surface area contributed by atoms with Gasteiger partial charge in [-0.3, -0.25) is 4.79 Å². The lowest BCUT2D eigenvalue weighted by Gasteiger charge is -2.15. The summed E-state index contributed by atoms with van der Waals surface area (Å²) in [5.41, 5.74) is 2.54. The van der Waals surface area contributed by atoms with E-state index in [1.165, 1.54) is 11.1 Å². The molecule has 2 rings (SSSR count). The van der Waals surface area contributed by atoms with Gasteiger partial charge in [0.2, 0.25) is 0 Å². The molecule has 1 atom stereocenters. The molecule has 1 aromatic carbocycles. The van der Waals surface area contributed by atoms with E-state index in [2.05, 4.69) is 32.2 Å². The van der Waals surface area contributed by atoms with Crippen LogP contribution < -0.4 is 10.1 Å². The minimum absolute atomic E-state index is 0.388. The van der Waals surface area contributed by atoms with Gasteiger partial charge in [-0.2, -0.15) is 0 Å². The monoisotopic (exact) mass is 291 g/mol. The summed E-state index contributed by atoms with van der Waals surface area (Å²) in [6.07, 6.45) is 2.65. The first-order chi connectivity index (χ1) is 9.97. The normalized spacial score (nSPS) is 16.0. The number of rotatable bonds is 8. The van der Waals surface area contributed by atoms with Crippen LogP contribution in [0.3, 0.4) is 0 Å². The summed E-state index contributed by atoms with van der Waals surface area (Å²) in [6.45, 7) is 6.84. The molecule has 1 aromatic rings. The fraction of sp³-hybridized carbons (Fsp3) is 0.588. The molecule has 0 radical (unpaired) electrons. The molecule has 0 amide bonds. The Hall–Kier alpha value is -1.55. The maximum Gasteiger partial charge on any atom is 0.320 e. The maximum atomic E-state index is 11.2. The number of ether oxygens (including phenoxy) is 1. The largest absolute Gasteiger partial charge is 0.494 e. The van der Waals surface area contributed by atoms with Gasteiger partial charge in [-0.05, 0) is 48.9 Å². The highest BCUT2D eigenvalue weighted by Crippen LogP contribution is 2.24. The van der Waals surface area contributed by atoms with Crippen LogP contribution in [-0.2, 0) is 4.79 Å². The summed E-state index contributed by atoms with van der Waals surface area (Å²) in [4.78, 5) is 11.2. The minimum Gasteiger partial charge on any atom is -0.494 e. The second kappa shape index (κ2) is 6.94. The molecule has 1 fully saturated rings. The van der Waals surface area contributed by atoms with Crippen LogP contribution >= 0.6 is 0 Å². The van der Waals surface area contributed by atoms with E-state index in [-0.39, 0.29) is 0 Å². The molecule has 4 heteroatoms. The topological polar surface area (TPSA) is 58.6 Å². The van der Waals surface area contributed by atoms with Crippen LogP contribution in [0, 0.1) is 6.92 Å². The van der Waals surface area contributed by atoms with E-state index in [9.17, 15) is 9.90 Å². The van der Waals surface area contributed by atoms with Crippen LogP contribution in [0.25, 0.3) is 0 Å². The van der Waals surface area contributed by atoms with Crippen molar-refractivity contribution >= 4 is 5.97 Å². The highest BCUT2D eigenvalue weighted by Gasteiger charge is 2.27. The summed E-state index contributed by atoms with van der Waals surface area (Å²) in [5, 5.41) is 12.3. The van der Waals surface area contributed by atoms with E-state index >= 15 is 0 Å². The van der Waals surface area contributed by atoms with E-state index in [4.69, 9.17) is 4.74 Å². The highest BCUT2D eigenvalue weighted by molar-refractivity contribution is 5.73. The number of carbonyl (C=O) groups is 1. The van der Waals surface area contributed by atoms with E-state index in [0.717, 1.165) is 18.6 Å². The summed E-state index contributed by atoms with van der Waals surface area (Å²) in [7, 11) is 0. The molecule has 4 nitrogen and oxygen atoms in total. The van der Waals surface area contributed by atoms with Crippen LogP contribution in [0.15, 0.2) is 18.2 Å². The van der Waals surface area contributed by atoms with Gasteiger partial charge in [-0.1, -0.05) is 19.9 Å². The first-order valence-electron chi connectivity index (χ1n) is 7.69. The van der Waals surface area contributed by atoms with Crippen LogP contribution in [-0.4, -0.2) is 29.8 Å². The van der Waals surface area contributed by atoms with Gasteiger partial charge in [0.15, 0.2) is 0 Å². The maximum absolute atomic E-state index is 11.2. The van der Waals surface area contributed by atoms with Gasteiger partial charge < -0.3 is 15.2 Å². The molecule has 21 heavy (non-hydrogen) atoms. The Balaban J connectivity index is 1.84. The quantitative estimate of drug-likeness (QED) is 0.772. The zero-order valence-corrected chi connectivity index (χ0v) is 13.1. The molecule has 0 aromatic heterocycles. The van der Waals surface area contributed by atoms with Crippen molar-refractivity contribution in [2.24, 2.45) is 0 Å². The highest BCUT2D eigenvalue weighted by atomic mass is 16.5. The fourth-order valence-corrected chi connectivity index (χ4v) is 2.49. The average molecular weight is 291 g/mol. The number of nitrogens with one attached hydrogen (secondary N) is 1. The zero-order chi connectivity index (χ0) is 15.4. The Labute approximate surface area is 126 Å². The number of hydrogen-bond donors (Lipinski definition) is 2. The van der Waals surface area contributed by atoms with Gasteiger partial charge in [0.1, 0.15) is 11.8 Å². The number of carboxylic acid groups (broad SMARTS) is 1. The molecule has 2 N–H and O–H groups in total. The third-order valence-electron chi connectivity index (χ3n) is 3.85. The molecule has 1 aliphatic rings. The minimum atomic E-state index is -0.795. The van der Waals surface area contributed by atoms with E-state index < -0.39 is 12.0 Å². The van der Waals surface area contributed by atoms with Crippen molar-refractivity contribution in [3.63, 3.8) is 0 Å². The summed E-state index contributed by atoms with van der Waals surface area (Å²) in [6, 6.07) is 5.96. The smallest absolute Gasteiger partial charge is 0.320 e. The predicted molar refractivity (Wildman–Crippen MR) is 83.0 cm³/mol. The molecular formula is C17H25NO3. The second-order valence-electron chi connectivity index (χ2n) is 6.14. The van der Waals surface area contributed by atoms with Gasteiger partial charge >= 0.3 is 5.97 Å². The van der Waals surface area contributed by atoms with Gasteiger partial charge in [0.25, 0.3) is 0 Å². The Morgan fingerprint density at radius 1 is 1.43 bits per heavy atom. The van der Waals surface area contributed by atoms with Crippen LogP contribution in [0.5, 0.6) is 5.75 Å². The number of hydrogen-bond acceptors (Lipinski definition) is 3. The SMILES string of the molecule is Cc1cc(OCCC(NC2CC2)C(=O)O)ccc1C(C)C. The lowest BCUT2D eigenvalue weighted by Crippen LogP contribution is -2.39. The lowest BCUT2D eigenvalue weighted by molar-refractivity contribution is -0.139. The first kappa shape index (κ1) is 15.8. The summed E-state index contributed by atoms with van der Waals surface area (Å²) in [5.74, 6) is 0.516.